The molecule has 628 valence electrons. The summed E-state index contributed by atoms with van der Waals surface area (Å²) in [6.07, 6.45) is 29.1. The van der Waals surface area contributed by atoms with Crippen molar-refractivity contribution in [3.05, 3.63) is 142 Å². The van der Waals surface area contributed by atoms with Crippen molar-refractivity contribution >= 4 is 78.9 Å². The lowest BCUT2D eigenvalue weighted by Gasteiger charge is -2.58. The number of ether oxygens (including phenoxy) is 4. The van der Waals surface area contributed by atoms with E-state index in [1.807, 2.05) is 60.7 Å². The molecular formula is C104H132N4O10. The molecule has 14 nitrogen and oxygen atoms in total. The largest absolute Gasteiger partial charge is 0.457 e. The van der Waals surface area contributed by atoms with Crippen LogP contribution in [-0.4, -0.2) is 84.0 Å². The van der Waals surface area contributed by atoms with Gasteiger partial charge in [0.1, 0.15) is 35.2 Å². The lowest BCUT2D eigenvalue weighted by atomic mass is 9.47. The highest BCUT2D eigenvalue weighted by Gasteiger charge is 2.62. The van der Waals surface area contributed by atoms with Crippen molar-refractivity contribution in [1.29, 1.82) is 0 Å². The number of allylic oxidation sites excluding steroid dienone is 2. The third-order valence-corrected chi connectivity index (χ3v) is 33.1. The molecule has 0 spiro atoms. The molecule has 6 fully saturated rings. The smallest absolute Gasteiger partial charge is 0.407 e. The predicted octanol–water partition coefficient (Wildman–Crippen LogP) is 25.4. The number of hydrogen-bond donors (Lipinski definition) is 2. The van der Waals surface area contributed by atoms with Gasteiger partial charge in [0, 0.05) is 82.5 Å². The normalized spacial score (nSPS) is 29.7. The average molecular weight is 1600 g/mol. The fourth-order valence-corrected chi connectivity index (χ4v) is 26.8. The average Bonchev–Trinajstić information content (AvgIpc) is 0.978. The van der Waals surface area contributed by atoms with E-state index >= 15 is 19.2 Å². The van der Waals surface area contributed by atoms with Crippen LogP contribution in [0.1, 0.15) is 305 Å². The Balaban J connectivity index is 0.622. The first-order valence-corrected chi connectivity index (χ1v) is 46.0. The SMILES string of the molecule is CC(C)CCC[C@@H](C)[C@H]1CC[C@H]2[C@@H]3CC=C4C[C@@H](OC(=O)NCCN5C(=O)c6ccc7c8c(Oc9ccc(C(C)(C)C)cc9)cc9c%10c(ccc(c%11c(Oc%12ccc(C(C)(C)C)cc%12)cc(c6c7%11)C5=O)c%108)C(=O)N(CCNC(=O)O[C@H]5CC[C@@]6(C)C(=CC[C@H]7[C@@H]8CC[C@H]([C@H](C)CCCC(C)C)[C@@]8(C)CC[C@@H]76)C5)C9=O)CC[C@]4(C)[C@H]3CC[C@]12C. The number of fused-ring (bicyclic) bond motifs is 12. The van der Waals surface area contributed by atoms with Gasteiger partial charge in [0.05, 0.1) is 11.1 Å². The zero-order valence-corrected chi connectivity index (χ0v) is 73.7. The van der Waals surface area contributed by atoms with Crippen molar-refractivity contribution in [2.24, 2.45) is 92.7 Å². The lowest BCUT2D eigenvalue weighted by Crippen LogP contribution is -2.51. The number of amides is 6. The van der Waals surface area contributed by atoms with Gasteiger partial charge in [-0.25, -0.2) is 9.59 Å². The van der Waals surface area contributed by atoms with Gasteiger partial charge in [-0.1, -0.05) is 209 Å². The van der Waals surface area contributed by atoms with Crippen molar-refractivity contribution < 1.29 is 47.7 Å². The molecule has 10 aliphatic rings. The second-order valence-electron chi connectivity index (χ2n) is 42.7. The molecule has 2 aliphatic heterocycles. The highest BCUT2D eigenvalue weighted by atomic mass is 16.6. The third kappa shape index (κ3) is 14.2. The Morgan fingerprint density at radius 1 is 0.441 bits per heavy atom. The molecule has 14 heteroatoms. The molecule has 17 rings (SSSR count). The molecular weight excluding hydrogens is 1470 g/mol. The van der Waals surface area contributed by atoms with E-state index in [0.717, 1.165) is 110 Å². The van der Waals surface area contributed by atoms with E-state index in [1.54, 1.807) is 24.3 Å². The maximum atomic E-state index is 15.6. The van der Waals surface area contributed by atoms with Crippen LogP contribution in [0.4, 0.5) is 9.59 Å². The number of imide groups is 2. The third-order valence-electron chi connectivity index (χ3n) is 33.1. The Morgan fingerprint density at radius 3 is 1.19 bits per heavy atom. The molecule has 6 saturated carbocycles. The van der Waals surface area contributed by atoms with Gasteiger partial charge in [0.25, 0.3) is 23.6 Å². The Morgan fingerprint density at radius 2 is 0.822 bits per heavy atom. The summed E-state index contributed by atoms with van der Waals surface area (Å²) in [5, 5.41) is 10.3. The second-order valence-corrected chi connectivity index (χ2v) is 42.7. The molecule has 8 aliphatic carbocycles. The number of hydrogen-bond acceptors (Lipinski definition) is 10. The van der Waals surface area contributed by atoms with Crippen LogP contribution < -0.4 is 20.1 Å². The summed E-state index contributed by atoms with van der Waals surface area (Å²) in [6, 6.07) is 26.5. The van der Waals surface area contributed by atoms with Gasteiger partial charge in [-0.05, 0) is 264 Å². The van der Waals surface area contributed by atoms with Crippen LogP contribution in [0.15, 0.2) is 108 Å². The molecule has 0 bridgehead atoms. The first-order valence-electron chi connectivity index (χ1n) is 46.0. The summed E-state index contributed by atoms with van der Waals surface area (Å²) >= 11 is 0. The summed E-state index contributed by atoms with van der Waals surface area (Å²) < 4.78 is 26.7. The van der Waals surface area contributed by atoms with Crippen LogP contribution in [-0.2, 0) is 20.3 Å². The predicted molar refractivity (Wildman–Crippen MR) is 471 cm³/mol. The second kappa shape index (κ2) is 31.0. The Hall–Kier alpha value is -8.26. The molecule has 7 aromatic carbocycles. The molecule has 2 heterocycles. The summed E-state index contributed by atoms with van der Waals surface area (Å²) in [5.41, 5.74) is 6.84. The van der Waals surface area contributed by atoms with Crippen molar-refractivity contribution in [1.82, 2.24) is 20.4 Å². The summed E-state index contributed by atoms with van der Waals surface area (Å²) in [5.74, 6) is 8.39. The van der Waals surface area contributed by atoms with Crippen LogP contribution in [0, 0.1) is 92.7 Å². The number of carbonyl (C=O) groups excluding carboxylic acids is 6. The Labute approximate surface area is 701 Å². The number of carbonyl (C=O) groups is 6. The van der Waals surface area contributed by atoms with Gasteiger partial charge in [-0.2, -0.15) is 0 Å². The minimum atomic E-state index is -0.566. The van der Waals surface area contributed by atoms with E-state index in [0.29, 0.717) is 112 Å². The number of nitrogens with zero attached hydrogens (tertiary/aromatic N) is 2. The molecule has 16 atom stereocenters. The molecule has 7 aromatic rings. The quantitative estimate of drug-likeness (QED) is 0.0288. The van der Waals surface area contributed by atoms with Gasteiger partial charge in [-0.15, -0.1) is 0 Å². The first kappa shape index (κ1) is 82.1. The molecule has 6 amide bonds. The zero-order chi connectivity index (χ0) is 83.2. The van der Waals surface area contributed by atoms with E-state index in [-0.39, 0.29) is 71.2 Å². The first-order chi connectivity index (χ1) is 56.2. The molecule has 118 heavy (non-hydrogen) atoms. The molecule has 0 radical (unpaired) electrons. The van der Waals surface area contributed by atoms with Crippen molar-refractivity contribution in [3.8, 4) is 23.0 Å². The van der Waals surface area contributed by atoms with Gasteiger partial charge < -0.3 is 29.6 Å². The van der Waals surface area contributed by atoms with Crippen molar-refractivity contribution in [3.63, 3.8) is 0 Å². The topological polar surface area (TPSA) is 170 Å². The molecule has 2 N–H and O–H groups in total. The fourth-order valence-electron chi connectivity index (χ4n) is 26.8. The van der Waals surface area contributed by atoms with Crippen LogP contribution in [0.5, 0.6) is 23.0 Å². The van der Waals surface area contributed by atoms with E-state index in [4.69, 9.17) is 18.9 Å². The lowest BCUT2D eigenvalue weighted by molar-refractivity contribution is -0.0581. The Kier molecular flexibility index (Phi) is 21.6. The van der Waals surface area contributed by atoms with Crippen LogP contribution in [0.3, 0.4) is 0 Å². The fraction of sp³-hybridized carbons (Fsp3) is 0.596. The molecule has 0 saturated heterocycles. The molecule has 0 unspecified atom stereocenters. The van der Waals surface area contributed by atoms with Crippen molar-refractivity contribution in [2.45, 2.75) is 275 Å². The summed E-state index contributed by atoms with van der Waals surface area (Å²) in [6.45, 7) is 37.4. The summed E-state index contributed by atoms with van der Waals surface area (Å²) in [7, 11) is 0. The van der Waals surface area contributed by atoms with Gasteiger partial charge in [0.2, 0.25) is 0 Å². The van der Waals surface area contributed by atoms with Gasteiger partial charge in [-0.3, -0.25) is 29.0 Å². The minimum Gasteiger partial charge on any atom is -0.457 e. The maximum absolute atomic E-state index is 15.6. The van der Waals surface area contributed by atoms with E-state index in [1.165, 1.54) is 111 Å². The monoisotopic (exact) mass is 1600 g/mol. The van der Waals surface area contributed by atoms with Crippen LogP contribution >= 0.6 is 0 Å². The number of nitrogens with one attached hydrogen (secondary N) is 2. The molecule has 0 aromatic heterocycles. The van der Waals surface area contributed by atoms with Crippen LogP contribution in [0.25, 0.3) is 43.1 Å². The van der Waals surface area contributed by atoms with E-state index in [2.05, 4.69) is 134 Å². The summed E-state index contributed by atoms with van der Waals surface area (Å²) in [4.78, 5) is 92.2. The van der Waals surface area contributed by atoms with Gasteiger partial charge in [0.15, 0.2) is 0 Å². The van der Waals surface area contributed by atoms with Crippen LogP contribution in [0.2, 0.25) is 0 Å². The number of alkyl carbamates (subject to hydrolysis) is 2. The van der Waals surface area contributed by atoms with Crippen molar-refractivity contribution in [2.75, 3.05) is 26.2 Å². The van der Waals surface area contributed by atoms with Gasteiger partial charge >= 0.3 is 12.2 Å². The highest BCUT2D eigenvalue weighted by molar-refractivity contribution is 6.43. The standard InChI is InChI=1S/C104H132N4O10/c1-59(2)19-17-21-61(5)79-39-41-81-71-33-27-65-55-69(43-47-101(65,13)83(71)45-49-103(79,81)15)117-97(113)105-51-53-107-93(109)75-37-35-73-90-86(116-68-31-25-64(26-32-68)100(10,11)12)58-78-88-76(38-36-74(92(88)90)89-85(57-77(95(107)111)87(75)91(73)89)115-67-29-23-63(24-30-67)99(7,8)9)94(110)108(96(78)112)54-52-106-98(114)118-70-44-48-102(14)66(56-70)28-34-72-82-42-40-80(62(6)22-18-20-60(3)4)104(82,16)50-46-84(72)102/h23-32,35-38,57-62,69-72,79-84H,17-22,33-34,39-56H2,1-16H3,(H,105,113)(H,106,114)/t61-,62-,69+,70+,71+,72+,79-,80-,81+,82+,83+,84+,101+,102+,103-,104-/m1/s1. The number of rotatable bonds is 22. The zero-order valence-electron chi connectivity index (χ0n) is 73.7. The highest BCUT2D eigenvalue weighted by Crippen LogP contribution is 2.70. The van der Waals surface area contributed by atoms with E-state index in [9.17, 15) is 9.59 Å². The number of benzene rings is 7. The Bertz CT molecular complexity index is 4850. The maximum Gasteiger partial charge on any atom is 0.407 e. The van der Waals surface area contributed by atoms with E-state index < -0.39 is 35.8 Å². The minimum absolute atomic E-state index is 0.0312.